The van der Waals surface area contributed by atoms with Gasteiger partial charge in [-0.15, -0.1) is 0 Å². The van der Waals surface area contributed by atoms with Gasteiger partial charge in [0.05, 0.1) is 0 Å². The molecule has 0 aromatic carbocycles. The fourth-order valence-electron chi connectivity index (χ4n) is 1.43. The van der Waals surface area contributed by atoms with Crippen molar-refractivity contribution in [2.45, 2.75) is 12.6 Å². The Morgan fingerprint density at radius 3 is 2.37 bits per heavy atom. The SMILES string of the molecule is FC(F)(F)COc1ncccc1Cc1ncccn1. The molecule has 100 valence electrons. The molecule has 4 nitrogen and oxygen atoms in total. The molecule has 2 aromatic rings. The van der Waals surface area contributed by atoms with Crippen LogP contribution in [0.4, 0.5) is 13.2 Å². The summed E-state index contributed by atoms with van der Waals surface area (Å²) in [5.41, 5.74) is 0.512. The molecule has 2 rings (SSSR count). The summed E-state index contributed by atoms with van der Waals surface area (Å²) in [6.45, 7) is -1.37. The van der Waals surface area contributed by atoms with Crippen LogP contribution in [0.5, 0.6) is 5.88 Å². The minimum atomic E-state index is -4.39. The fraction of sp³-hybridized carbons (Fsp3) is 0.250. The van der Waals surface area contributed by atoms with Gasteiger partial charge in [-0.2, -0.15) is 13.2 Å². The van der Waals surface area contributed by atoms with Gasteiger partial charge in [-0.05, 0) is 12.1 Å². The first-order chi connectivity index (χ1) is 9.04. The zero-order valence-corrected chi connectivity index (χ0v) is 9.76. The van der Waals surface area contributed by atoms with Gasteiger partial charge in [0, 0.05) is 30.6 Å². The van der Waals surface area contributed by atoms with Crippen LogP contribution in [-0.2, 0) is 6.42 Å². The molecule has 0 spiro atoms. The number of aromatic nitrogens is 3. The predicted octanol–water partition coefficient (Wildman–Crippen LogP) is 2.40. The molecule has 0 radical (unpaired) electrons. The van der Waals surface area contributed by atoms with Crippen LogP contribution in [0.25, 0.3) is 0 Å². The first-order valence-corrected chi connectivity index (χ1v) is 5.44. The third-order valence-corrected chi connectivity index (χ3v) is 2.19. The summed E-state index contributed by atoms with van der Waals surface area (Å²) >= 11 is 0. The molecule has 2 heterocycles. The Hall–Kier alpha value is -2.18. The van der Waals surface area contributed by atoms with Gasteiger partial charge in [0.25, 0.3) is 0 Å². The molecule has 0 bridgehead atoms. The van der Waals surface area contributed by atoms with Crippen molar-refractivity contribution in [1.82, 2.24) is 15.0 Å². The lowest BCUT2D eigenvalue weighted by Crippen LogP contribution is -2.20. The maximum Gasteiger partial charge on any atom is 0.422 e. The van der Waals surface area contributed by atoms with E-state index in [0.29, 0.717) is 11.4 Å². The van der Waals surface area contributed by atoms with Crippen LogP contribution in [0, 0.1) is 0 Å². The van der Waals surface area contributed by atoms with Crippen LogP contribution in [0.1, 0.15) is 11.4 Å². The van der Waals surface area contributed by atoms with Crippen LogP contribution < -0.4 is 4.74 Å². The molecule has 0 fully saturated rings. The maximum absolute atomic E-state index is 12.1. The van der Waals surface area contributed by atoms with E-state index in [1.807, 2.05) is 0 Å². The molecule has 0 amide bonds. The maximum atomic E-state index is 12.1. The minimum Gasteiger partial charge on any atom is -0.468 e. The second-order valence-electron chi connectivity index (χ2n) is 3.71. The average molecular weight is 269 g/mol. The van der Waals surface area contributed by atoms with E-state index in [1.54, 1.807) is 30.6 Å². The molecule has 0 atom stereocenters. The summed E-state index contributed by atoms with van der Waals surface area (Å²) < 4.78 is 41.0. The van der Waals surface area contributed by atoms with E-state index in [2.05, 4.69) is 19.7 Å². The van der Waals surface area contributed by atoms with Gasteiger partial charge in [-0.3, -0.25) is 0 Å². The predicted molar refractivity (Wildman–Crippen MR) is 60.6 cm³/mol. The highest BCUT2D eigenvalue weighted by Gasteiger charge is 2.29. The third-order valence-electron chi connectivity index (χ3n) is 2.19. The van der Waals surface area contributed by atoms with Crippen LogP contribution >= 0.6 is 0 Å². The number of nitrogens with zero attached hydrogens (tertiary/aromatic N) is 3. The number of hydrogen-bond donors (Lipinski definition) is 0. The van der Waals surface area contributed by atoms with Crippen molar-refractivity contribution in [3.05, 3.63) is 48.2 Å². The van der Waals surface area contributed by atoms with E-state index in [-0.39, 0.29) is 12.3 Å². The molecular formula is C12H10F3N3O. The Balaban J connectivity index is 2.12. The number of alkyl halides is 3. The molecule has 0 aliphatic carbocycles. The number of halogens is 3. The second kappa shape index (κ2) is 5.64. The summed E-state index contributed by atoms with van der Waals surface area (Å²) in [6, 6.07) is 4.92. The van der Waals surface area contributed by atoms with Gasteiger partial charge >= 0.3 is 6.18 Å². The van der Waals surface area contributed by atoms with E-state index >= 15 is 0 Å². The Kier molecular flexibility index (Phi) is 3.94. The molecule has 7 heteroatoms. The summed E-state index contributed by atoms with van der Waals surface area (Å²) in [4.78, 5) is 11.8. The molecule has 0 saturated carbocycles. The van der Waals surface area contributed by atoms with Crippen molar-refractivity contribution in [2.75, 3.05) is 6.61 Å². The first-order valence-electron chi connectivity index (χ1n) is 5.44. The summed E-state index contributed by atoms with van der Waals surface area (Å²) in [6.07, 6.45) is 0.380. The molecule has 0 aliphatic rings. The normalized spacial score (nSPS) is 11.3. The van der Waals surface area contributed by atoms with Crippen molar-refractivity contribution in [3.8, 4) is 5.88 Å². The van der Waals surface area contributed by atoms with Crippen LogP contribution in [0.15, 0.2) is 36.8 Å². The lowest BCUT2D eigenvalue weighted by molar-refractivity contribution is -0.154. The van der Waals surface area contributed by atoms with E-state index < -0.39 is 12.8 Å². The Morgan fingerprint density at radius 1 is 1.00 bits per heavy atom. The molecule has 0 N–H and O–H groups in total. The largest absolute Gasteiger partial charge is 0.468 e. The number of hydrogen-bond acceptors (Lipinski definition) is 4. The topological polar surface area (TPSA) is 47.9 Å². The molecule has 0 saturated heterocycles. The lowest BCUT2D eigenvalue weighted by Gasteiger charge is -2.11. The van der Waals surface area contributed by atoms with Gasteiger partial charge in [0.15, 0.2) is 6.61 Å². The fourth-order valence-corrected chi connectivity index (χ4v) is 1.43. The number of ether oxygens (including phenoxy) is 1. The van der Waals surface area contributed by atoms with Gasteiger partial charge in [0.2, 0.25) is 5.88 Å². The Bertz CT molecular complexity index is 531. The van der Waals surface area contributed by atoms with E-state index in [4.69, 9.17) is 0 Å². The molecular weight excluding hydrogens is 259 g/mol. The van der Waals surface area contributed by atoms with Crippen molar-refractivity contribution in [2.24, 2.45) is 0 Å². The van der Waals surface area contributed by atoms with E-state index in [1.165, 1.54) is 6.20 Å². The Labute approximate surface area is 107 Å². The van der Waals surface area contributed by atoms with Crippen molar-refractivity contribution in [1.29, 1.82) is 0 Å². The van der Waals surface area contributed by atoms with Gasteiger partial charge in [-0.1, -0.05) is 6.07 Å². The molecule has 2 aromatic heterocycles. The van der Waals surface area contributed by atoms with Crippen LogP contribution in [-0.4, -0.2) is 27.7 Å². The van der Waals surface area contributed by atoms with Crippen LogP contribution in [0.2, 0.25) is 0 Å². The van der Waals surface area contributed by atoms with Gasteiger partial charge in [0.1, 0.15) is 5.82 Å². The highest BCUT2D eigenvalue weighted by Crippen LogP contribution is 2.21. The summed E-state index contributed by atoms with van der Waals surface area (Å²) in [5.74, 6) is 0.444. The standard InChI is InChI=1S/C12H10F3N3O/c13-12(14,15)8-19-11-9(3-1-4-18-11)7-10-16-5-2-6-17-10/h1-6H,7-8H2. The number of rotatable bonds is 4. The summed E-state index contributed by atoms with van der Waals surface area (Å²) in [7, 11) is 0. The third kappa shape index (κ3) is 4.20. The van der Waals surface area contributed by atoms with Crippen molar-refractivity contribution < 1.29 is 17.9 Å². The zero-order valence-electron chi connectivity index (χ0n) is 9.76. The molecule has 0 unspecified atom stereocenters. The number of pyridine rings is 1. The van der Waals surface area contributed by atoms with Gasteiger partial charge < -0.3 is 4.74 Å². The second-order valence-corrected chi connectivity index (χ2v) is 3.71. The van der Waals surface area contributed by atoms with Gasteiger partial charge in [-0.25, -0.2) is 15.0 Å². The monoisotopic (exact) mass is 269 g/mol. The van der Waals surface area contributed by atoms with Crippen LogP contribution in [0.3, 0.4) is 0 Å². The first kappa shape index (κ1) is 13.3. The zero-order chi connectivity index (χ0) is 13.7. The lowest BCUT2D eigenvalue weighted by atomic mass is 10.2. The summed E-state index contributed by atoms with van der Waals surface area (Å²) in [5, 5.41) is 0. The quantitative estimate of drug-likeness (QED) is 0.855. The minimum absolute atomic E-state index is 0.0488. The highest BCUT2D eigenvalue weighted by atomic mass is 19.4. The average Bonchev–Trinajstić information content (AvgIpc) is 2.38. The van der Waals surface area contributed by atoms with E-state index in [0.717, 1.165) is 0 Å². The molecule has 19 heavy (non-hydrogen) atoms. The smallest absolute Gasteiger partial charge is 0.422 e. The molecule has 0 aliphatic heterocycles. The van der Waals surface area contributed by atoms with E-state index in [9.17, 15) is 13.2 Å². The van der Waals surface area contributed by atoms with Crippen molar-refractivity contribution >= 4 is 0 Å². The van der Waals surface area contributed by atoms with Crippen molar-refractivity contribution in [3.63, 3.8) is 0 Å². The Morgan fingerprint density at radius 2 is 1.68 bits per heavy atom. The highest BCUT2D eigenvalue weighted by molar-refractivity contribution is 5.28.